The number of aromatic amines is 1. The van der Waals surface area contributed by atoms with E-state index < -0.39 is 0 Å². The van der Waals surface area contributed by atoms with Crippen LogP contribution in [0.1, 0.15) is 38.1 Å². The largest absolute Gasteiger partial charge is 0.494 e. The maximum Gasteiger partial charge on any atom is 0.326 e. The molecule has 1 aromatic heterocycles. The number of fused-ring (bicyclic) bond motifs is 1. The Hall–Kier alpha value is -1.71. The van der Waals surface area contributed by atoms with Crippen LogP contribution >= 0.6 is 0 Å². The number of aromatic nitrogens is 2. The smallest absolute Gasteiger partial charge is 0.326 e. The minimum Gasteiger partial charge on any atom is -0.494 e. The van der Waals surface area contributed by atoms with Crippen LogP contribution in [0.4, 0.5) is 0 Å². The molecule has 1 aliphatic carbocycles. The first-order chi connectivity index (χ1) is 8.81. The fourth-order valence-electron chi connectivity index (χ4n) is 2.99. The Kier molecular flexibility index (Phi) is 2.86. The summed E-state index contributed by atoms with van der Waals surface area (Å²) < 4.78 is 7.21. The van der Waals surface area contributed by atoms with Gasteiger partial charge < -0.3 is 9.72 Å². The van der Waals surface area contributed by atoms with Gasteiger partial charge in [-0.05, 0) is 25.0 Å². The van der Waals surface area contributed by atoms with Gasteiger partial charge in [0.25, 0.3) is 0 Å². The van der Waals surface area contributed by atoms with Gasteiger partial charge in [0, 0.05) is 6.04 Å². The summed E-state index contributed by atoms with van der Waals surface area (Å²) in [5.41, 5.74) is 1.77. The number of H-pyrrole nitrogens is 1. The standard InChI is InChI=1S/C14H18N2O2/c1-18-12-9-5-8-11-13(12)15-14(17)16(11)10-6-3-2-4-7-10/h5,8-10H,2-4,6-7H2,1H3,(H,15,17). The van der Waals surface area contributed by atoms with Crippen molar-refractivity contribution >= 4 is 11.0 Å². The average molecular weight is 246 g/mol. The predicted molar refractivity (Wildman–Crippen MR) is 71.2 cm³/mol. The summed E-state index contributed by atoms with van der Waals surface area (Å²) in [6.45, 7) is 0. The molecule has 4 heteroatoms. The number of imidazole rings is 1. The Morgan fingerprint density at radius 1 is 1.28 bits per heavy atom. The number of hydrogen-bond acceptors (Lipinski definition) is 2. The van der Waals surface area contributed by atoms with E-state index in [0.29, 0.717) is 6.04 Å². The zero-order chi connectivity index (χ0) is 12.5. The van der Waals surface area contributed by atoms with E-state index in [9.17, 15) is 4.79 Å². The van der Waals surface area contributed by atoms with Gasteiger partial charge in [0.15, 0.2) is 0 Å². The highest BCUT2D eigenvalue weighted by atomic mass is 16.5. The van der Waals surface area contributed by atoms with Crippen LogP contribution in [0.25, 0.3) is 11.0 Å². The molecule has 1 N–H and O–H groups in total. The molecule has 18 heavy (non-hydrogen) atoms. The van der Waals surface area contributed by atoms with Crippen LogP contribution in [0.3, 0.4) is 0 Å². The van der Waals surface area contributed by atoms with Crippen molar-refractivity contribution in [1.82, 2.24) is 9.55 Å². The first-order valence-electron chi connectivity index (χ1n) is 6.58. The molecule has 1 heterocycles. The number of benzene rings is 1. The molecule has 0 aliphatic heterocycles. The van der Waals surface area contributed by atoms with Gasteiger partial charge in [-0.15, -0.1) is 0 Å². The molecule has 4 nitrogen and oxygen atoms in total. The zero-order valence-corrected chi connectivity index (χ0v) is 10.6. The Morgan fingerprint density at radius 3 is 2.78 bits per heavy atom. The first kappa shape index (κ1) is 11.4. The van der Waals surface area contributed by atoms with Gasteiger partial charge in [0.1, 0.15) is 11.3 Å². The minimum absolute atomic E-state index is 0.0126. The SMILES string of the molecule is COc1cccc2c1[nH]c(=O)n2C1CCCCC1. The van der Waals surface area contributed by atoms with Gasteiger partial charge in [0.05, 0.1) is 12.6 Å². The number of methoxy groups -OCH3 is 1. The Labute approximate surface area is 106 Å². The molecule has 0 amide bonds. The molecule has 3 rings (SSSR count). The van der Waals surface area contributed by atoms with Crippen molar-refractivity contribution in [2.24, 2.45) is 0 Å². The normalized spacial score (nSPS) is 17.2. The van der Waals surface area contributed by atoms with Gasteiger partial charge in [-0.3, -0.25) is 4.57 Å². The van der Waals surface area contributed by atoms with Crippen LogP contribution in [0.15, 0.2) is 23.0 Å². The third kappa shape index (κ3) is 1.72. The summed E-state index contributed by atoms with van der Waals surface area (Å²) in [4.78, 5) is 15.1. The molecule has 0 unspecified atom stereocenters. The summed E-state index contributed by atoms with van der Waals surface area (Å²) in [7, 11) is 1.63. The van der Waals surface area contributed by atoms with Crippen molar-refractivity contribution < 1.29 is 4.74 Å². The van der Waals surface area contributed by atoms with Crippen molar-refractivity contribution in [1.29, 1.82) is 0 Å². The molecular formula is C14H18N2O2. The summed E-state index contributed by atoms with van der Waals surface area (Å²) >= 11 is 0. The summed E-state index contributed by atoms with van der Waals surface area (Å²) in [5.74, 6) is 0.735. The molecule has 0 bridgehead atoms. The number of nitrogens with zero attached hydrogens (tertiary/aromatic N) is 1. The Balaban J connectivity index is 2.16. The summed E-state index contributed by atoms with van der Waals surface area (Å²) in [5, 5.41) is 0. The third-order valence-corrected chi connectivity index (χ3v) is 3.87. The lowest BCUT2D eigenvalue weighted by molar-refractivity contribution is 0.353. The third-order valence-electron chi connectivity index (χ3n) is 3.87. The van der Waals surface area contributed by atoms with E-state index >= 15 is 0 Å². The van der Waals surface area contributed by atoms with E-state index in [1.807, 2.05) is 22.8 Å². The van der Waals surface area contributed by atoms with E-state index in [-0.39, 0.29) is 5.69 Å². The number of rotatable bonds is 2. The molecule has 1 aromatic carbocycles. The van der Waals surface area contributed by atoms with Crippen molar-refractivity contribution in [2.45, 2.75) is 38.1 Å². The molecule has 1 saturated carbocycles. The summed E-state index contributed by atoms with van der Waals surface area (Å²) in [6, 6.07) is 6.15. The van der Waals surface area contributed by atoms with Crippen LogP contribution in [-0.2, 0) is 0 Å². The molecule has 0 atom stereocenters. The van der Waals surface area contributed by atoms with E-state index in [1.54, 1.807) is 7.11 Å². The highest BCUT2D eigenvalue weighted by Gasteiger charge is 2.20. The second-order valence-corrected chi connectivity index (χ2v) is 4.95. The monoisotopic (exact) mass is 246 g/mol. The molecule has 96 valence electrons. The molecule has 1 aliphatic rings. The van der Waals surface area contributed by atoms with Gasteiger partial charge in [-0.25, -0.2) is 4.79 Å². The number of hydrogen-bond donors (Lipinski definition) is 1. The predicted octanol–water partition coefficient (Wildman–Crippen LogP) is 2.84. The van der Waals surface area contributed by atoms with E-state index in [1.165, 1.54) is 19.3 Å². The van der Waals surface area contributed by atoms with E-state index in [2.05, 4.69) is 4.98 Å². The van der Waals surface area contributed by atoms with Crippen molar-refractivity contribution in [2.75, 3.05) is 7.11 Å². The maximum absolute atomic E-state index is 12.2. The number of para-hydroxylation sites is 1. The molecule has 2 aromatic rings. The average Bonchev–Trinajstić information content (AvgIpc) is 2.75. The quantitative estimate of drug-likeness (QED) is 0.885. The lowest BCUT2D eigenvalue weighted by atomic mass is 9.95. The fourth-order valence-corrected chi connectivity index (χ4v) is 2.99. The number of nitrogens with one attached hydrogen (secondary N) is 1. The lowest BCUT2D eigenvalue weighted by Gasteiger charge is -2.22. The van der Waals surface area contributed by atoms with Crippen LogP contribution in [0, 0.1) is 0 Å². The number of ether oxygens (including phenoxy) is 1. The zero-order valence-electron chi connectivity index (χ0n) is 10.6. The molecule has 0 radical (unpaired) electrons. The molecule has 0 saturated heterocycles. The van der Waals surface area contributed by atoms with Crippen molar-refractivity contribution in [3.8, 4) is 5.75 Å². The van der Waals surface area contributed by atoms with Crippen molar-refractivity contribution in [3.63, 3.8) is 0 Å². The maximum atomic E-state index is 12.2. The second kappa shape index (κ2) is 4.52. The molecular weight excluding hydrogens is 228 g/mol. The van der Waals surface area contributed by atoms with Crippen LogP contribution in [0.5, 0.6) is 5.75 Å². The second-order valence-electron chi connectivity index (χ2n) is 4.95. The van der Waals surface area contributed by atoms with E-state index in [0.717, 1.165) is 29.6 Å². The van der Waals surface area contributed by atoms with Crippen LogP contribution < -0.4 is 10.4 Å². The first-order valence-corrected chi connectivity index (χ1v) is 6.58. The molecule has 0 spiro atoms. The molecule has 1 fully saturated rings. The van der Waals surface area contributed by atoms with Crippen LogP contribution in [0.2, 0.25) is 0 Å². The van der Waals surface area contributed by atoms with Gasteiger partial charge in [-0.2, -0.15) is 0 Å². The minimum atomic E-state index is -0.0126. The van der Waals surface area contributed by atoms with E-state index in [4.69, 9.17) is 4.74 Å². The van der Waals surface area contributed by atoms with Crippen molar-refractivity contribution in [3.05, 3.63) is 28.7 Å². The van der Waals surface area contributed by atoms with Crippen LogP contribution in [-0.4, -0.2) is 16.7 Å². The van der Waals surface area contributed by atoms with Gasteiger partial charge in [-0.1, -0.05) is 25.3 Å². The fraction of sp³-hybridized carbons (Fsp3) is 0.500. The van der Waals surface area contributed by atoms with Gasteiger partial charge >= 0.3 is 5.69 Å². The van der Waals surface area contributed by atoms with Gasteiger partial charge in [0.2, 0.25) is 0 Å². The highest BCUT2D eigenvalue weighted by Crippen LogP contribution is 2.31. The Morgan fingerprint density at radius 2 is 2.06 bits per heavy atom. The lowest BCUT2D eigenvalue weighted by Crippen LogP contribution is -2.23. The topological polar surface area (TPSA) is 47.0 Å². The highest BCUT2D eigenvalue weighted by molar-refractivity contribution is 5.82. The summed E-state index contributed by atoms with van der Waals surface area (Å²) in [6.07, 6.45) is 5.92. The Bertz CT molecular complexity index is 606.